The normalized spacial score (nSPS) is 27.5. The molecule has 0 amide bonds. The van der Waals surface area contributed by atoms with Crippen LogP contribution in [0.3, 0.4) is 0 Å². The zero-order valence-electron chi connectivity index (χ0n) is 11.2. The fraction of sp³-hybridized carbons (Fsp3) is 0.786. The Labute approximate surface area is 109 Å². The summed E-state index contributed by atoms with van der Waals surface area (Å²) in [6, 6.07) is 0.741. The molecule has 0 bridgehead atoms. The third-order valence-electron chi connectivity index (χ3n) is 4.44. The van der Waals surface area contributed by atoms with E-state index in [4.69, 9.17) is 4.74 Å². The Morgan fingerprint density at radius 2 is 2.17 bits per heavy atom. The SMILES string of the molecule is Cc1cn[nH]c1C1CCCN(C2CCOCC2)C1. The third kappa shape index (κ3) is 2.45. The Balaban J connectivity index is 1.66. The molecule has 0 saturated carbocycles. The predicted octanol–water partition coefficient (Wildman–Crippen LogP) is 2.08. The van der Waals surface area contributed by atoms with Gasteiger partial charge in [-0.05, 0) is 44.7 Å². The molecule has 2 fully saturated rings. The molecule has 1 N–H and O–H groups in total. The third-order valence-corrected chi connectivity index (χ3v) is 4.44. The van der Waals surface area contributed by atoms with Crippen LogP contribution in [0.1, 0.15) is 42.9 Å². The number of likely N-dealkylation sites (tertiary alicyclic amines) is 1. The van der Waals surface area contributed by atoms with Crippen molar-refractivity contribution in [3.05, 3.63) is 17.5 Å². The van der Waals surface area contributed by atoms with Crippen molar-refractivity contribution in [1.29, 1.82) is 0 Å². The number of nitrogens with one attached hydrogen (secondary N) is 1. The van der Waals surface area contributed by atoms with E-state index in [1.54, 1.807) is 0 Å². The summed E-state index contributed by atoms with van der Waals surface area (Å²) >= 11 is 0. The van der Waals surface area contributed by atoms with Crippen LogP contribution < -0.4 is 0 Å². The lowest BCUT2D eigenvalue weighted by atomic mass is 9.91. The highest BCUT2D eigenvalue weighted by molar-refractivity contribution is 5.19. The summed E-state index contributed by atoms with van der Waals surface area (Å²) in [5, 5.41) is 7.37. The Morgan fingerprint density at radius 3 is 2.89 bits per heavy atom. The van der Waals surface area contributed by atoms with Gasteiger partial charge >= 0.3 is 0 Å². The lowest BCUT2D eigenvalue weighted by Gasteiger charge is -2.39. The topological polar surface area (TPSA) is 41.2 Å². The molecular weight excluding hydrogens is 226 g/mol. The van der Waals surface area contributed by atoms with E-state index in [-0.39, 0.29) is 0 Å². The van der Waals surface area contributed by atoms with E-state index in [9.17, 15) is 0 Å². The molecule has 2 aliphatic heterocycles. The van der Waals surface area contributed by atoms with Crippen molar-refractivity contribution in [3.63, 3.8) is 0 Å². The monoisotopic (exact) mass is 249 g/mol. The van der Waals surface area contributed by atoms with Crippen molar-refractivity contribution >= 4 is 0 Å². The summed E-state index contributed by atoms with van der Waals surface area (Å²) in [4.78, 5) is 2.68. The number of hydrogen-bond donors (Lipinski definition) is 1. The molecule has 3 heterocycles. The standard InChI is InChI=1S/C14H23N3O/c1-11-9-15-16-14(11)12-3-2-6-17(10-12)13-4-7-18-8-5-13/h9,12-13H,2-8,10H2,1H3,(H,15,16). The van der Waals surface area contributed by atoms with Crippen LogP contribution >= 0.6 is 0 Å². The first kappa shape index (κ1) is 12.2. The van der Waals surface area contributed by atoms with E-state index in [2.05, 4.69) is 22.0 Å². The summed E-state index contributed by atoms with van der Waals surface area (Å²) in [5.41, 5.74) is 2.67. The fourth-order valence-corrected chi connectivity index (χ4v) is 3.39. The van der Waals surface area contributed by atoms with Crippen molar-refractivity contribution in [2.24, 2.45) is 0 Å². The number of rotatable bonds is 2. The van der Waals surface area contributed by atoms with Gasteiger partial charge in [0.05, 0.1) is 6.20 Å². The van der Waals surface area contributed by atoms with Gasteiger partial charge < -0.3 is 4.74 Å². The van der Waals surface area contributed by atoms with E-state index in [0.717, 1.165) is 19.3 Å². The molecular formula is C14H23N3O. The average molecular weight is 249 g/mol. The highest BCUT2D eigenvalue weighted by Gasteiger charge is 2.29. The molecule has 1 aromatic heterocycles. The summed E-state index contributed by atoms with van der Waals surface area (Å²) in [7, 11) is 0. The van der Waals surface area contributed by atoms with Crippen molar-refractivity contribution in [3.8, 4) is 0 Å². The molecule has 2 aliphatic rings. The van der Waals surface area contributed by atoms with Gasteiger partial charge in [-0.1, -0.05) is 0 Å². The molecule has 18 heavy (non-hydrogen) atoms. The van der Waals surface area contributed by atoms with Crippen LogP contribution in [-0.2, 0) is 4.74 Å². The molecule has 1 atom stereocenters. The number of H-pyrrole nitrogens is 1. The smallest absolute Gasteiger partial charge is 0.0519 e. The lowest BCUT2D eigenvalue weighted by Crippen LogP contribution is -2.44. The minimum Gasteiger partial charge on any atom is -0.381 e. The zero-order chi connectivity index (χ0) is 12.4. The van der Waals surface area contributed by atoms with Crippen LogP contribution in [0.5, 0.6) is 0 Å². The maximum atomic E-state index is 5.47. The van der Waals surface area contributed by atoms with Crippen molar-refractivity contribution in [2.75, 3.05) is 26.3 Å². The van der Waals surface area contributed by atoms with Gasteiger partial charge in [-0.3, -0.25) is 10.00 Å². The molecule has 0 radical (unpaired) electrons. The van der Waals surface area contributed by atoms with E-state index in [1.807, 2.05) is 6.20 Å². The molecule has 3 rings (SSSR count). The maximum Gasteiger partial charge on any atom is 0.0519 e. The second-order valence-corrected chi connectivity index (χ2v) is 5.64. The highest BCUT2D eigenvalue weighted by atomic mass is 16.5. The number of hydrogen-bond acceptors (Lipinski definition) is 3. The van der Waals surface area contributed by atoms with Crippen LogP contribution in [0.25, 0.3) is 0 Å². The summed E-state index contributed by atoms with van der Waals surface area (Å²) in [5.74, 6) is 0.643. The largest absolute Gasteiger partial charge is 0.381 e. The molecule has 0 spiro atoms. The van der Waals surface area contributed by atoms with Crippen molar-refractivity contribution in [1.82, 2.24) is 15.1 Å². The number of aromatic amines is 1. The van der Waals surface area contributed by atoms with Gasteiger partial charge in [-0.25, -0.2) is 0 Å². The van der Waals surface area contributed by atoms with E-state index >= 15 is 0 Å². The lowest BCUT2D eigenvalue weighted by molar-refractivity contribution is 0.0237. The molecule has 1 aromatic rings. The van der Waals surface area contributed by atoms with E-state index in [0.29, 0.717) is 5.92 Å². The highest BCUT2D eigenvalue weighted by Crippen LogP contribution is 2.30. The zero-order valence-corrected chi connectivity index (χ0v) is 11.2. The van der Waals surface area contributed by atoms with Gasteiger partial charge in [0.2, 0.25) is 0 Å². The maximum absolute atomic E-state index is 5.47. The number of nitrogens with zero attached hydrogens (tertiary/aromatic N) is 2. The first-order chi connectivity index (χ1) is 8.84. The minimum atomic E-state index is 0.643. The first-order valence-corrected chi connectivity index (χ1v) is 7.16. The molecule has 0 aliphatic carbocycles. The number of aryl methyl sites for hydroxylation is 1. The predicted molar refractivity (Wildman–Crippen MR) is 70.7 cm³/mol. The number of piperidine rings is 1. The Bertz CT molecular complexity index is 384. The van der Waals surface area contributed by atoms with Crippen LogP contribution in [-0.4, -0.2) is 47.4 Å². The van der Waals surface area contributed by atoms with Gasteiger partial charge in [0, 0.05) is 37.4 Å². The molecule has 4 heteroatoms. The van der Waals surface area contributed by atoms with Crippen molar-refractivity contribution in [2.45, 2.75) is 44.6 Å². The number of ether oxygens (including phenoxy) is 1. The average Bonchev–Trinajstić information content (AvgIpc) is 2.86. The molecule has 2 saturated heterocycles. The summed E-state index contributed by atoms with van der Waals surface area (Å²) < 4.78 is 5.47. The number of aromatic nitrogens is 2. The first-order valence-electron chi connectivity index (χ1n) is 7.16. The van der Waals surface area contributed by atoms with Gasteiger partial charge in [-0.2, -0.15) is 5.10 Å². The second-order valence-electron chi connectivity index (χ2n) is 5.64. The fourth-order valence-electron chi connectivity index (χ4n) is 3.39. The Hall–Kier alpha value is -0.870. The van der Waals surface area contributed by atoms with Gasteiger partial charge in [0.15, 0.2) is 0 Å². The Morgan fingerprint density at radius 1 is 1.33 bits per heavy atom. The summed E-state index contributed by atoms with van der Waals surface area (Å²) in [6.07, 6.45) is 6.95. The molecule has 4 nitrogen and oxygen atoms in total. The Kier molecular flexibility index (Phi) is 3.66. The molecule has 0 aromatic carbocycles. The van der Waals surface area contributed by atoms with Crippen LogP contribution in [0, 0.1) is 6.92 Å². The minimum absolute atomic E-state index is 0.643. The van der Waals surface area contributed by atoms with Crippen LogP contribution in [0.2, 0.25) is 0 Å². The van der Waals surface area contributed by atoms with Gasteiger partial charge in [0.1, 0.15) is 0 Å². The molecule has 100 valence electrons. The van der Waals surface area contributed by atoms with Crippen LogP contribution in [0.15, 0.2) is 6.20 Å². The van der Waals surface area contributed by atoms with Gasteiger partial charge in [-0.15, -0.1) is 0 Å². The molecule has 1 unspecified atom stereocenters. The quantitative estimate of drug-likeness (QED) is 0.872. The van der Waals surface area contributed by atoms with Crippen molar-refractivity contribution < 1.29 is 4.74 Å². The van der Waals surface area contributed by atoms with Crippen LogP contribution in [0.4, 0.5) is 0 Å². The summed E-state index contributed by atoms with van der Waals surface area (Å²) in [6.45, 7) is 6.48. The van der Waals surface area contributed by atoms with E-state index in [1.165, 1.54) is 50.0 Å². The van der Waals surface area contributed by atoms with E-state index < -0.39 is 0 Å². The second kappa shape index (κ2) is 5.41. The van der Waals surface area contributed by atoms with Gasteiger partial charge in [0.25, 0.3) is 0 Å².